The van der Waals surface area contributed by atoms with Crippen LogP contribution in [0.1, 0.15) is 13.3 Å². The van der Waals surface area contributed by atoms with E-state index in [9.17, 15) is 9.59 Å². The summed E-state index contributed by atoms with van der Waals surface area (Å²) in [7, 11) is 0. The van der Waals surface area contributed by atoms with E-state index in [1.807, 2.05) is 36.1 Å². The van der Waals surface area contributed by atoms with Gasteiger partial charge in [-0.3, -0.25) is 9.59 Å². The fourth-order valence-corrected chi connectivity index (χ4v) is 2.88. The quantitative estimate of drug-likeness (QED) is 0.876. The van der Waals surface area contributed by atoms with Crippen LogP contribution in [0.15, 0.2) is 29.1 Å². The molecule has 7 heteroatoms. The van der Waals surface area contributed by atoms with E-state index < -0.39 is 0 Å². The Morgan fingerprint density at radius 3 is 2.79 bits per heavy atom. The van der Waals surface area contributed by atoms with Crippen molar-refractivity contribution in [3.63, 3.8) is 0 Å². The maximum atomic E-state index is 12.9. The van der Waals surface area contributed by atoms with Gasteiger partial charge in [0.15, 0.2) is 5.82 Å². The summed E-state index contributed by atoms with van der Waals surface area (Å²) >= 11 is 0. The molecule has 0 spiro atoms. The van der Waals surface area contributed by atoms with Crippen molar-refractivity contribution in [2.45, 2.75) is 19.9 Å². The van der Waals surface area contributed by atoms with E-state index in [-0.39, 0.29) is 17.9 Å². The maximum Gasteiger partial charge on any atom is 0.294 e. The van der Waals surface area contributed by atoms with Gasteiger partial charge in [0.25, 0.3) is 5.56 Å². The average Bonchev–Trinajstić information content (AvgIpc) is 2.61. The number of nitrogens with one attached hydrogen (secondary N) is 1. The minimum Gasteiger partial charge on any atom is -0.378 e. The van der Waals surface area contributed by atoms with Gasteiger partial charge in [0, 0.05) is 32.6 Å². The van der Waals surface area contributed by atoms with Crippen LogP contribution in [0, 0.1) is 0 Å². The second-order valence-corrected chi connectivity index (χ2v) is 5.68. The van der Waals surface area contributed by atoms with E-state index >= 15 is 0 Å². The zero-order chi connectivity index (χ0) is 16.9. The second kappa shape index (κ2) is 7.44. The van der Waals surface area contributed by atoms with Crippen LogP contribution in [0.2, 0.25) is 0 Å². The van der Waals surface area contributed by atoms with Crippen molar-refractivity contribution in [3.05, 3.63) is 34.6 Å². The molecule has 128 valence electrons. The number of rotatable bonds is 5. The highest BCUT2D eigenvalue weighted by Crippen LogP contribution is 2.15. The number of para-hydroxylation sites is 2. The molecule has 0 unspecified atom stereocenters. The average molecular weight is 330 g/mol. The molecule has 1 aliphatic rings. The highest BCUT2D eigenvalue weighted by Gasteiger charge is 2.19. The van der Waals surface area contributed by atoms with Crippen LogP contribution in [0.5, 0.6) is 0 Å². The molecule has 7 nitrogen and oxygen atoms in total. The van der Waals surface area contributed by atoms with Gasteiger partial charge in [-0.25, -0.2) is 4.98 Å². The van der Waals surface area contributed by atoms with Gasteiger partial charge in [-0.15, -0.1) is 0 Å². The van der Waals surface area contributed by atoms with Gasteiger partial charge in [-0.2, -0.15) is 0 Å². The lowest BCUT2D eigenvalue weighted by Gasteiger charge is -2.28. The van der Waals surface area contributed by atoms with Crippen LogP contribution in [0.3, 0.4) is 0 Å². The highest BCUT2D eigenvalue weighted by atomic mass is 16.5. The fraction of sp³-hybridized carbons (Fsp3) is 0.471. The minimum absolute atomic E-state index is 0.0572. The van der Waals surface area contributed by atoms with E-state index in [0.29, 0.717) is 45.2 Å². The molecule has 24 heavy (non-hydrogen) atoms. The van der Waals surface area contributed by atoms with Gasteiger partial charge >= 0.3 is 0 Å². The summed E-state index contributed by atoms with van der Waals surface area (Å²) in [5.41, 5.74) is 1.36. The third-order valence-corrected chi connectivity index (χ3v) is 4.08. The summed E-state index contributed by atoms with van der Waals surface area (Å²) in [4.78, 5) is 31.2. The van der Waals surface area contributed by atoms with Gasteiger partial charge in [0.2, 0.25) is 5.91 Å². The molecular weight excluding hydrogens is 308 g/mol. The number of aromatic nitrogens is 2. The van der Waals surface area contributed by atoms with Crippen LogP contribution in [-0.4, -0.2) is 48.3 Å². The molecule has 0 atom stereocenters. The third-order valence-electron chi connectivity index (χ3n) is 4.08. The molecule has 1 N–H and O–H groups in total. The number of fused-ring (bicyclic) bond motifs is 1. The third kappa shape index (κ3) is 3.41. The Morgan fingerprint density at radius 1 is 1.29 bits per heavy atom. The number of anilines is 1. The van der Waals surface area contributed by atoms with Crippen molar-refractivity contribution in [3.8, 4) is 0 Å². The second-order valence-electron chi connectivity index (χ2n) is 5.68. The van der Waals surface area contributed by atoms with E-state index in [4.69, 9.17) is 4.74 Å². The molecule has 2 heterocycles. The Bertz CT molecular complexity index is 781. The number of amides is 1. The molecule has 1 aliphatic heterocycles. The molecule has 1 fully saturated rings. The Labute approximate surface area is 140 Å². The van der Waals surface area contributed by atoms with E-state index in [1.54, 1.807) is 4.57 Å². The molecule has 0 aliphatic carbocycles. The molecule has 0 bridgehead atoms. The predicted octanol–water partition coefficient (Wildman–Crippen LogP) is 0.759. The van der Waals surface area contributed by atoms with Gasteiger partial charge in [-0.1, -0.05) is 12.1 Å². The number of hydrogen-bond donors (Lipinski definition) is 1. The Hall–Kier alpha value is -2.41. The lowest BCUT2D eigenvalue weighted by Crippen LogP contribution is -2.41. The monoisotopic (exact) mass is 330 g/mol. The molecule has 1 amide bonds. The normalized spacial score (nSPS) is 14.8. The van der Waals surface area contributed by atoms with Crippen LogP contribution >= 0.6 is 0 Å². The van der Waals surface area contributed by atoms with Crippen molar-refractivity contribution < 1.29 is 9.53 Å². The topological polar surface area (TPSA) is 76.5 Å². The molecule has 1 aromatic carbocycles. The number of ether oxygens (including phenoxy) is 1. The summed E-state index contributed by atoms with van der Waals surface area (Å²) in [5, 5.41) is 2.76. The van der Waals surface area contributed by atoms with Crippen LogP contribution < -0.4 is 15.8 Å². The number of aryl methyl sites for hydroxylation is 1. The molecule has 1 aromatic heterocycles. The number of benzene rings is 1. The van der Waals surface area contributed by atoms with Crippen LogP contribution in [-0.2, 0) is 16.1 Å². The smallest absolute Gasteiger partial charge is 0.294 e. The fourth-order valence-electron chi connectivity index (χ4n) is 2.88. The predicted molar refractivity (Wildman–Crippen MR) is 92.3 cm³/mol. The van der Waals surface area contributed by atoms with Crippen LogP contribution in [0.25, 0.3) is 11.0 Å². The zero-order valence-electron chi connectivity index (χ0n) is 13.8. The first kappa shape index (κ1) is 16.4. The van der Waals surface area contributed by atoms with Crippen molar-refractivity contribution in [1.29, 1.82) is 0 Å². The largest absolute Gasteiger partial charge is 0.378 e. The van der Waals surface area contributed by atoms with Crippen molar-refractivity contribution in [1.82, 2.24) is 14.9 Å². The van der Waals surface area contributed by atoms with Gasteiger partial charge in [-0.05, 0) is 19.1 Å². The first-order valence-electron chi connectivity index (χ1n) is 8.29. The summed E-state index contributed by atoms with van der Waals surface area (Å²) in [6.45, 7) is 5.28. The Morgan fingerprint density at radius 2 is 2.04 bits per heavy atom. The molecular formula is C17H22N4O3. The van der Waals surface area contributed by atoms with Crippen molar-refractivity contribution >= 4 is 22.8 Å². The highest BCUT2D eigenvalue weighted by molar-refractivity contribution is 5.78. The lowest BCUT2D eigenvalue weighted by molar-refractivity contribution is -0.121. The molecule has 0 radical (unpaired) electrons. The zero-order valence-corrected chi connectivity index (χ0v) is 13.8. The Kier molecular flexibility index (Phi) is 5.10. The summed E-state index contributed by atoms with van der Waals surface area (Å²) in [6.07, 6.45) is 0.268. The first-order chi connectivity index (χ1) is 11.7. The maximum absolute atomic E-state index is 12.9. The molecule has 1 saturated heterocycles. The van der Waals surface area contributed by atoms with E-state index in [0.717, 1.165) is 11.0 Å². The SMILES string of the molecule is CCNC(=O)CCn1c(=O)c(N2CCOCC2)nc2ccccc21. The van der Waals surface area contributed by atoms with Gasteiger partial charge < -0.3 is 19.5 Å². The minimum atomic E-state index is -0.153. The summed E-state index contributed by atoms with van der Waals surface area (Å²) in [5.74, 6) is 0.381. The standard InChI is InChI=1S/C17H22N4O3/c1-2-18-15(22)7-8-21-14-6-4-3-5-13(14)19-16(17(21)23)20-9-11-24-12-10-20/h3-6H,2,7-12H2,1H3,(H,18,22). The summed E-state index contributed by atoms with van der Waals surface area (Å²) < 4.78 is 7.01. The number of carbonyl (C=O) groups excluding carboxylic acids is 1. The number of carbonyl (C=O) groups is 1. The molecule has 0 saturated carbocycles. The van der Waals surface area contributed by atoms with Crippen molar-refractivity contribution in [2.75, 3.05) is 37.7 Å². The van der Waals surface area contributed by atoms with E-state index in [1.165, 1.54) is 0 Å². The Balaban J connectivity index is 1.99. The first-order valence-corrected chi connectivity index (χ1v) is 8.29. The molecule has 2 aromatic rings. The van der Waals surface area contributed by atoms with Crippen molar-refractivity contribution in [2.24, 2.45) is 0 Å². The number of morpholine rings is 1. The number of nitrogens with zero attached hydrogens (tertiary/aromatic N) is 3. The van der Waals surface area contributed by atoms with Gasteiger partial charge in [0.1, 0.15) is 0 Å². The summed E-state index contributed by atoms with van der Waals surface area (Å²) in [6, 6.07) is 7.53. The van der Waals surface area contributed by atoms with Gasteiger partial charge in [0.05, 0.1) is 24.2 Å². The van der Waals surface area contributed by atoms with Crippen LogP contribution in [0.4, 0.5) is 5.82 Å². The number of hydrogen-bond acceptors (Lipinski definition) is 5. The lowest BCUT2D eigenvalue weighted by atomic mass is 10.2. The van der Waals surface area contributed by atoms with E-state index in [2.05, 4.69) is 10.3 Å². The molecule has 3 rings (SSSR count).